The molecule has 230 valence electrons. The summed E-state index contributed by atoms with van der Waals surface area (Å²) in [6.07, 6.45) is 3.13. The summed E-state index contributed by atoms with van der Waals surface area (Å²) >= 11 is 0. The van der Waals surface area contributed by atoms with E-state index in [9.17, 15) is 18.8 Å². The highest BCUT2D eigenvalue weighted by molar-refractivity contribution is 5.92. The van der Waals surface area contributed by atoms with E-state index in [0.29, 0.717) is 52.4 Å². The van der Waals surface area contributed by atoms with Gasteiger partial charge in [-0.05, 0) is 24.5 Å². The van der Waals surface area contributed by atoms with E-state index in [1.807, 2.05) is 18.7 Å². The van der Waals surface area contributed by atoms with E-state index >= 15 is 0 Å². The first-order valence-electron chi connectivity index (χ1n) is 13.0. The SMILES string of the molecule is C.C=CC(=O)O.CC(C)CN(C(=O)c1cn(-c2ccccc2F)nn1)[C@@H]1CNC[C@H](C(=O)N2CCOCC2)C1.O=C=O. The first kappa shape index (κ1) is 35.8. The molecule has 14 heteroatoms. The number of carboxylic acid groups (broad SMARTS) is 1. The van der Waals surface area contributed by atoms with E-state index in [1.165, 1.54) is 16.9 Å². The van der Waals surface area contributed by atoms with Crippen LogP contribution < -0.4 is 5.32 Å². The number of ether oxygens (including phenoxy) is 1. The fraction of sp³-hybridized carbons (Fsp3) is 0.500. The maximum atomic E-state index is 14.1. The summed E-state index contributed by atoms with van der Waals surface area (Å²) < 4.78 is 20.8. The van der Waals surface area contributed by atoms with Crippen LogP contribution in [0.1, 0.15) is 38.2 Å². The van der Waals surface area contributed by atoms with Gasteiger partial charge in [0.25, 0.3) is 5.91 Å². The van der Waals surface area contributed by atoms with Crippen molar-refractivity contribution >= 4 is 23.9 Å². The van der Waals surface area contributed by atoms with E-state index in [1.54, 1.807) is 23.1 Å². The number of para-hydroxylation sites is 1. The Kier molecular flexibility index (Phi) is 15.5. The Labute approximate surface area is 244 Å². The minimum absolute atomic E-state index is 0. The average molecular weight is 591 g/mol. The van der Waals surface area contributed by atoms with Crippen LogP contribution in [-0.4, -0.2) is 106 Å². The summed E-state index contributed by atoms with van der Waals surface area (Å²) in [7, 11) is 0. The van der Waals surface area contributed by atoms with Gasteiger partial charge in [0.15, 0.2) is 5.69 Å². The summed E-state index contributed by atoms with van der Waals surface area (Å²) in [6.45, 7) is 11.1. The zero-order valence-electron chi connectivity index (χ0n) is 23.1. The van der Waals surface area contributed by atoms with Gasteiger partial charge in [-0.3, -0.25) is 9.59 Å². The van der Waals surface area contributed by atoms with E-state index in [2.05, 4.69) is 22.2 Å². The Morgan fingerprint density at radius 1 is 1.24 bits per heavy atom. The molecular weight excluding hydrogens is 551 g/mol. The molecule has 2 aliphatic rings. The van der Waals surface area contributed by atoms with Crippen molar-refractivity contribution in [1.29, 1.82) is 0 Å². The number of piperidine rings is 1. The number of carboxylic acids is 1. The van der Waals surface area contributed by atoms with Crippen molar-refractivity contribution in [1.82, 2.24) is 30.1 Å². The number of aromatic nitrogens is 3. The van der Waals surface area contributed by atoms with Crippen LogP contribution in [0.15, 0.2) is 43.1 Å². The van der Waals surface area contributed by atoms with Gasteiger partial charge in [-0.1, -0.05) is 45.2 Å². The van der Waals surface area contributed by atoms with Gasteiger partial charge < -0.3 is 25.0 Å². The number of morpholine rings is 1. The van der Waals surface area contributed by atoms with E-state index < -0.39 is 11.8 Å². The molecule has 2 atom stereocenters. The molecule has 42 heavy (non-hydrogen) atoms. The molecule has 2 fully saturated rings. The number of carbonyl (C=O) groups excluding carboxylic acids is 4. The third kappa shape index (κ3) is 10.6. The van der Waals surface area contributed by atoms with Crippen LogP contribution in [0.3, 0.4) is 0 Å². The standard InChI is InChI=1S/C23H31FN6O3.C3H4O2.CO2.CH4/c1-16(2)14-29(18-11-17(12-25-13-18)22(31)28-7-9-33-10-8-28)23(32)20-15-30(27-26-20)21-6-4-3-5-19(21)24;1-2-3(4)5;2-1-3;/h3-6,15-18,25H,7-14H2,1-2H3;2H,1H2,(H,4,5);;1H4/t17-,18+;;;/m1.../s1. The predicted octanol–water partition coefficient (Wildman–Crippen LogP) is 1.65. The number of nitrogens with zero attached hydrogens (tertiary/aromatic N) is 5. The second-order valence-electron chi connectivity index (χ2n) is 9.66. The molecule has 3 heterocycles. The Morgan fingerprint density at radius 3 is 2.43 bits per heavy atom. The zero-order valence-corrected chi connectivity index (χ0v) is 23.1. The lowest BCUT2D eigenvalue weighted by molar-refractivity contribution is -0.191. The van der Waals surface area contributed by atoms with Crippen LogP contribution in [-0.2, 0) is 23.9 Å². The summed E-state index contributed by atoms with van der Waals surface area (Å²) in [5, 5.41) is 18.9. The number of halogens is 1. The van der Waals surface area contributed by atoms with E-state index in [-0.39, 0.29) is 54.7 Å². The number of benzene rings is 1. The molecule has 4 rings (SSSR count). The fourth-order valence-electron chi connectivity index (χ4n) is 4.44. The third-order valence-corrected chi connectivity index (χ3v) is 6.25. The molecule has 1 aromatic carbocycles. The topological polar surface area (TPSA) is 164 Å². The smallest absolute Gasteiger partial charge is 0.373 e. The van der Waals surface area contributed by atoms with Crippen LogP contribution >= 0.6 is 0 Å². The van der Waals surface area contributed by atoms with Gasteiger partial charge >= 0.3 is 12.1 Å². The number of aliphatic carboxylic acids is 1. The van der Waals surface area contributed by atoms with Crippen molar-refractivity contribution in [3.63, 3.8) is 0 Å². The van der Waals surface area contributed by atoms with Crippen molar-refractivity contribution < 1.29 is 38.2 Å². The van der Waals surface area contributed by atoms with Gasteiger partial charge in [0.05, 0.1) is 25.3 Å². The molecule has 0 bridgehead atoms. The van der Waals surface area contributed by atoms with Crippen molar-refractivity contribution in [3.05, 3.63) is 54.6 Å². The molecule has 0 unspecified atom stereocenters. The number of rotatable bonds is 7. The normalized spacial score (nSPS) is 17.7. The van der Waals surface area contributed by atoms with Crippen molar-refractivity contribution in [2.45, 2.75) is 33.7 Å². The number of hydrogen-bond acceptors (Lipinski definition) is 9. The molecule has 0 aliphatic carbocycles. The Hall–Kier alpha value is -4.26. The second-order valence-corrected chi connectivity index (χ2v) is 9.66. The van der Waals surface area contributed by atoms with Crippen LogP contribution in [0.25, 0.3) is 5.69 Å². The lowest BCUT2D eigenvalue weighted by Gasteiger charge is -2.39. The van der Waals surface area contributed by atoms with Crippen LogP contribution in [0, 0.1) is 17.7 Å². The fourth-order valence-corrected chi connectivity index (χ4v) is 4.44. The summed E-state index contributed by atoms with van der Waals surface area (Å²) in [6, 6.07) is 6.06. The van der Waals surface area contributed by atoms with Gasteiger partial charge in [0, 0.05) is 44.8 Å². The van der Waals surface area contributed by atoms with Gasteiger partial charge in [-0.25, -0.2) is 13.9 Å². The molecule has 13 nitrogen and oxygen atoms in total. The van der Waals surface area contributed by atoms with Crippen molar-refractivity contribution in [2.24, 2.45) is 11.8 Å². The molecule has 1 aromatic heterocycles. The second kappa shape index (κ2) is 18.2. The first-order chi connectivity index (χ1) is 19.6. The first-order valence-corrected chi connectivity index (χ1v) is 13.0. The van der Waals surface area contributed by atoms with Crippen molar-refractivity contribution in [3.8, 4) is 5.69 Å². The van der Waals surface area contributed by atoms with E-state index in [4.69, 9.17) is 19.4 Å². The highest BCUT2D eigenvalue weighted by Gasteiger charge is 2.36. The van der Waals surface area contributed by atoms with Crippen LogP contribution in [0.5, 0.6) is 0 Å². The molecule has 2 amide bonds. The molecule has 2 saturated heterocycles. The highest BCUT2D eigenvalue weighted by Crippen LogP contribution is 2.22. The Morgan fingerprint density at radius 2 is 1.86 bits per heavy atom. The van der Waals surface area contributed by atoms with E-state index in [0.717, 1.165) is 6.08 Å². The predicted molar refractivity (Wildman–Crippen MR) is 149 cm³/mol. The minimum atomic E-state index is -0.981. The summed E-state index contributed by atoms with van der Waals surface area (Å²) in [5.41, 5.74) is 0.385. The van der Waals surface area contributed by atoms with Crippen LogP contribution in [0.2, 0.25) is 0 Å². The molecule has 0 saturated carbocycles. The maximum absolute atomic E-state index is 14.1. The summed E-state index contributed by atoms with van der Waals surface area (Å²) in [5.74, 6) is -1.55. The lowest BCUT2D eigenvalue weighted by atomic mass is 9.92. The average Bonchev–Trinajstić information content (AvgIpc) is 3.47. The lowest BCUT2D eigenvalue weighted by Crippen LogP contribution is -2.56. The third-order valence-electron chi connectivity index (χ3n) is 6.25. The summed E-state index contributed by atoms with van der Waals surface area (Å²) in [4.78, 5) is 55.6. The number of carbonyl (C=O) groups is 3. The maximum Gasteiger partial charge on any atom is 0.373 e. The monoisotopic (exact) mass is 590 g/mol. The molecule has 2 aliphatic heterocycles. The Balaban J connectivity index is 0.000000873. The van der Waals surface area contributed by atoms with Gasteiger partial charge in [0.1, 0.15) is 11.5 Å². The minimum Gasteiger partial charge on any atom is -0.478 e. The molecule has 0 radical (unpaired) electrons. The zero-order chi connectivity index (χ0) is 30.4. The van der Waals surface area contributed by atoms with Crippen LogP contribution in [0.4, 0.5) is 4.39 Å². The van der Waals surface area contributed by atoms with Gasteiger partial charge in [-0.15, -0.1) is 5.10 Å². The molecule has 2 N–H and O–H groups in total. The number of amides is 2. The highest BCUT2D eigenvalue weighted by atomic mass is 19.1. The molecule has 2 aromatic rings. The molecule has 0 spiro atoms. The van der Waals surface area contributed by atoms with Gasteiger partial charge in [0.2, 0.25) is 5.91 Å². The largest absolute Gasteiger partial charge is 0.478 e. The quantitative estimate of drug-likeness (QED) is 0.453. The van der Waals surface area contributed by atoms with Gasteiger partial charge in [-0.2, -0.15) is 9.59 Å². The Bertz CT molecular complexity index is 1210. The number of hydrogen-bond donors (Lipinski definition) is 2. The number of nitrogens with one attached hydrogen (secondary N) is 1. The molecular formula is C28H39FN6O7. The van der Waals surface area contributed by atoms with Crippen molar-refractivity contribution in [2.75, 3.05) is 45.9 Å².